The Balaban J connectivity index is 1.40. The van der Waals surface area contributed by atoms with E-state index in [1.165, 1.54) is 43.5 Å². The topological polar surface area (TPSA) is 41.6 Å². The van der Waals surface area contributed by atoms with Crippen LogP contribution in [-0.2, 0) is 11.5 Å². The Bertz CT molecular complexity index is 1210. The highest BCUT2D eigenvalue weighted by Gasteiger charge is 2.28. The lowest BCUT2D eigenvalue weighted by molar-refractivity contribution is 0.139. The molecule has 0 N–H and O–H groups in total. The van der Waals surface area contributed by atoms with Gasteiger partial charge in [-0.2, -0.15) is 0 Å². The summed E-state index contributed by atoms with van der Waals surface area (Å²) in [4.78, 5) is 2.47. The lowest BCUT2D eigenvalue weighted by Crippen LogP contribution is -2.33. The van der Waals surface area contributed by atoms with E-state index in [-0.39, 0.29) is 0 Å². The molecule has 0 aromatic heterocycles. The minimum Gasteiger partial charge on any atom is -0.497 e. The van der Waals surface area contributed by atoms with Gasteiger partial charge in [0.15, 0.2) is 0 Å². The second-order valence-corrected chi connectivity index (χ2v) is 9.98. The smallest absolute Gasteiger partial charge is 0.144 e. The van der Waals surface area contributed by atoms with Crippen LogP contribution in [0.25, 0.3) is 11.1 Å². The first-order valence-corrected chi connectivity index (χ1v) is 13.2. The maximum absolute atomic E-state index is 14.1. The molecule has 187 valence electrons. The third kappa shape index (κ3) is 5.50. The molecular weight excluding hydrogens is 446 g/mol. The number of likely N-dealkylation sites (tertiary alicyclic amines) is 1. The molecule has 0 spiro atoms. The highest BCUT2D eigenvalue weighted by molar-refractivity contribution is 5.95. The number of hydrogen-bond acceptors (Lipinski definition) is 3. The van der Waals surface area contributed by atoms with Crippen molar-refractivity contribution >= 4 is 11.1 Å². The number of ether oxygens (including phenoxy) is 2. The maximum atomic E-state index is 14.1. The third-order valence-electron chi connectivity index (χ3n) is 7.51. The van der Waals surface area contributed by atoms with E-state index in [9.17, 15) is 5.11 Å². The molecule has 4 nitrogen and oxygen atoms in total. The van der Waals surface area contributed by atoms with Crippen LogP contribution in [0.5, 0.6) is 11.5 Å². The fourth-order valence-electron chi connectivity index (χ4n) is 5.54. The van der Waals surface area contributed by atoms with E-state index in [0.717, 1.165) is 58.7 Å². The molecule has 5 rings (SSSR count). The van der Waals surface area contributed by atoms with Gasteiger partial charge < -0.3 is 9.47 Å². The van der Waals surface area contributed by atoms with Crippen LogP contribution in [0.3, 0.4) is 0 Å². The molecule has 1 saturated heterocycles. The molecule has 1 fully saturated rings. The van der Waals surface area contributed by atoms with Gasteiger partial charge in [-0.05, 0) is 103 Å². The Morgan fingerprint density at radius 2 is 1.67 bits per heavy atom. The van der Waals surface area contributed by atoms with E-state index in [4.69, 9.17) is 9.47 Å². The zero-order chi connectivity index (χ0) is 24.9. The van der Waals surface area contributed by atoms with Gasteiger partial charge in [-0.3, -0.25) is 4.90 Å². The summed E-state index contributed by atoms with van der Waals surface area (Å²) in [5.74, 6) is 1.66. The Hall–Kier alpha value is -3.08. The molecule has 0 bridgehead atoms. The predicted octanol–water partition coefficient (Wildman–Crippen LogP) is 6.90. The molecular formula is C32H36NO3. The molecule has 1 unspecified atom stereocenters. The molecule has 1 aliphatic heterocycles. The summed E-state index contributed by atoms with van der Waals surface area (Å²) in [6.07, 6.45) is 4.68. The number of nitrogens with zero attached hydrogens (tertiary/aromatic N) is 1. The molecule has 1 radical (unpaired) electrons. The van der Waals surface area contributed by atoms with Crippen LogP contribution in [0.2, 0.25) is 0 Å². The number of hydrogen-bond donors (Lipinski definition) is 0. The normalized spacial score (nSPS) is 17.0. The summed E-state index contributed by atoms with van der Waals surface area (Å²) in [6.45, 7) is 6.08. The summed E-state index contributed by atoms with van der Waals surface area (Å²) in [5.41, 5.74) is 7.36. The van der Waals surface area contributed by atoms with Gasteiger partial charge in [0.1, 0.15) is 24.2 Å². The van der Waals surface area contributed by atoms with Crippen LogP contribution < -0.4 is 9.47 Å². The van der Waals surface area contributed by atoms with Gasteiger partial charge in [0.25, 0.3) is 0 Å². The minimum atomic E-state index is -0.977. The quantitative estimate of drug-likeness (QED) is 0.351. The Morgan fingerprint density at radius 3 is 2.42 bits per heavy atom. The van der Waals surface area contributed by atoms with E-state index in [1.54, 1.807) is 7.11 Å². The molecule has 0 amide bonds. The molecule has 2 aliphatic rings. The molecule has 0 saturated carbocycles. The number of methoxy groups -OCH3 is 1. The van der Waals surface area contributed by atoms with Crippen molar-refractivity contribution in [2.24, 2.45) is 0 Å². The van der Waals surface area contributed by atoms with E-state index < -0.39 is 6.10 Å². The minimum absolute atomic E-state index is 0.679. The SMILES string of the molecule is COc1ccc2c(c1)CCC(c1cccc(C)c1)=C2C([O])c1ccc(OCCN2CCCCC2)cc1. The van der Waals surface area contributed by atoms with Crippen LogP contribution in [0.1, 0.15) is 59.6 Å². The van der Waals surface area contributed by atoms with Gasteiger partial charge in [-0.1, -0.05) is 54.4 Å². The van der Waals surface area contributed by atoms with Crippen molar-refractivity contribution in [2.45, 2.75) is 45.1 Å². The number of piperidine rings is 1. The highest BCUT2D eigenvalue weighted by Crippen LogP contribution is 2.45. The van der Waals surface area contributed by atoms with Gasteiger partial charge in [0.2, 0.25) is 0 Å². The van der Waals surface area contributed by atoms with Crippen molar-refractivity contribution < 1.29 is 14.6 Å². The molecule has 1 aliphatic carbocycles. The molecule has 36 heavy (non-hydrogen) atoms. The average Bonchev–Trinajstić information content (AvgIpc) is 2.92. The lowest BCUT2D eigenvalue weighted by Gasteiger charge is -2.27. The van der Waals surface area contributed by atoms with Gasteiger partial charge in [-0.25, -0.2) is 5.11 Å². The van der Waals surface area contributed by atoms with Gasteiger partial charge in [0, 0.05) is 6.54 Å². The van der Waals surface area contributed by atoms with Gasteiger partial charge in [-0.15, -0.1) is 0 Å². The second kappa shape index (κ2) is 11.3. The zero-order valence-electron chi connectivity index (χ0n) is 21.5. The van der Waals surface area contributed by atoms with Gasteiger partial charge >= 0.3 is 0 Å². The first-order chi connectivity index (χ1) is 17.6. The summed E-state index contributed by atoms with van der Waals surface area (Å²) in [5, 5.41) is 14.1. The number of allylic oxidation sites excluding steroid dienone is 1. The first-order valence-electron chi connectivity index (χ1n) is 13.2. The third-order valence-corrected chi connectivity index (χ3v) is 7.51. The van der Waals surface area contributed by atoms with Crippen molar-refractivity contribution in [3.63, 3.8) is 0 Å². The zero-order valence-corrected chi connectivity index (χ0v) is 21.5. The van der Waals surface area contributed by atoms with Crippen LogP contribution in [0, 0.1) is 6.92 Å². The molecule has 3 aromatic rings. The van der Waals surface area contributed by atoms with Crippen molar-refractivity contribution in [1.82, 2.24) is 4.90 Å². The maximum Gasteiger partial charge on any atom is 0.144 e. The van der Waals surface area contributed by atoms with E-state index in [2.05, 4.69) is 48.2 Å². The second-order valence-electron chi connectivity index (χ2n) is 9.98. The Labute approximate surface area is 215 Å². The fourth-order valence-corrected chi connectivity index (χ4v) is 5.54. The number of benzene rings is 3. The lowest BCUT2D eigenvalue weighted by atomic mass is 9.78. The Morgan fingerprint density at radius 1 is 0.889 bits per heavy atom. The summed E-state index contributed by atoms with van der Waals surface area (Å²) in [7, 11) is 1.69. The Kier molecular flexibility index (Phi) is 7.74. The van der Waals surface area contributed by atoms with E-state index in [1.807, 2.05) is 30.3 Å². The standard InChI is InChI=1S/C32H36NO3/c1-23-7-6-8-25(21-23)29-15-11-26-22-28(35-2)14-16-30(26)31(29)32(34)24-9-12-27(13-10-24)36-20-19-33-17-4-3-5-18-33/h6-10,12-14,16,21-22,32H,3-5,11,15,17-20H2,1-2H3. The van der Waals surface area contributed by atoms with Gasteiger partial charge in [0.05, 0.1) is 7.11 Å². The van der Waals surface area contributed by atoms with Crippen molar-refractivity contribution in [3.05, 3.63) is 94.5 Å². The van der Waals surface area contributed by atoms with E-state index in [0.29, 0.717) is 6.61 Å². The largest absolute Gasteiger partial charge is 0.497 e. The summed E-state index contributed by atoms with van der Waals surface area (Å²) >= 11 is 0. The monoisotopic (exact) mass is 482 g/mol. The predicted molar refractivity (Wildman–Crippen MR) is 145 cm³/mol. The number of aryl methyl sites for hydroxylation is 2. The molecule has 4 heteroatoms. The molecule has 3 aromatic carbocycles. The van der Waals surface area contributed by atoms with Crippen LogP contribution in [-0.4, -0.2) is 38.3 Å². The summed E-state index contributed by atoms with van der Waals surface area (Å²) in [6, 6.07) is 22.4. The van der Waals surface area contributed by atoms with Crippen molar-refractivity contribution in [2.75, 3.05) is 33.4 Å². The van der Waals surface area contributed by atoms with Crippen LogP contribution in [0.15, 0.2) is 66.7 Å². The fraction of sp³-hybridized carbons (Fsp3) is 0.375. The molecule has 1 heterocycles. The van der Waals surface area contributed by atoms with Crippen LogP contribution >= 0.6 is 0 Å². The first kappa shape index (κ1) is 24.6. The average molecular weight is 483 g/mol. The van der Waals surface area contributed by atoms with E-state index >= 15 is 0 Å². The number of fused-ring (bicyclic) bond motifs is 1. The summed E-state index contributed by atoms with van der Waals surface area (Å²) < 4.78 is 11.5. The number of rotatable bonds is 8. The molecule has 1 atom stereocenters. The van der Waals surface area contributed by atoms with Crippen LogP contribution in [0.4, 0.5) is 0 Å². The van der Waals surface area contributed by atoms with Crippen molar-refractivity contribution in [1.29, 1.82) is 0 Å². The highest BCUT2D eigenvalue weighted by atomic mass is 16.5. The van der Waals surface area contributed by atoms with Crippen molar-refractivity contribution in [3.8, 4) is 11.5 Å².